The molecular weight excluding hydrogens is 224 g/mol. The van der Waals surface area contributed by atoms with Crippen molar-refractivity contribution in [3.63, 3.8) is 0 Å². The summed E-state index contributed by atoms with van der Waals surface area (Å²) >= 11 is 0. The number of hydrogen-bond donors (Lipinski definition) is 2. The van der Waals surface area contributed by atoms with Gasteiger partial charge in [0.2, 0.25) is 0 Å². The number of hydrazine groups is 1. The number of aromatic nitrogens is 2. The summed E-state index contributed by atoms with van der Waals surface area (Å²) < 4.78 is 0. The van der Waals surface area contributed by atoms with Gasteiger partial charge in [-0.25, -0.2) is 9.97 Å². The van der Waals surface area contributed by atoms with Crippen molar-refractivity contribution < 1.29 is 0 Å². The van der Waals surface area contributed by atoms with E-state index in [-0.39, 0.29) is 0 Å². The second kappa shape index (κ2) is 5.04. The van der Waals surface area contributed by atoms with Crippen LogP contribution >= 0.6 is 0 Å². The van der Waals surface area contributed by atoms with Gasteiger partial charge < -0.3 is 5.43 Å². The second-order valence-electron chi connectivity index (χ2n) is 4.46. The van der Waals surface area contributed by atoms with Gasteiger partial charge in [0.25, 0.3) is 0 Å². The zero-order chi connectivity index (χ0) is 12.2. The average Bonchev–Trinajstić information content (AvgIpc) is 2.46. The van der Waals surface area contributed by atoms with Crippen LogP contribution in [0.2, 0.25) is 0 Å². The fourth-order valence-electron chi connectivity index (χ4n) is 2.20. The van der Waals surface area contributed by atoms with Crippen molar-refractivity contribution in [3.8, 4) is 0 Å². The van der Waals surface area contributed by atoms with E-state index in [0.29, 0.717) is 0 Å². The zero-order valence-electron chi connectivity index (χ0n) is 10.2. The van der Waals surface area contributed by atoms with Crippen LogP contribution in [0.5, 0.6) is 0 Å². The lowest BCUT2D eigenvalue weighted by molar-refractivity contribution is 0.664. The third kappa shape index (κ3) is 2.27. The first kappa shape index (κ1) is 11.0. The van der Waals surface area contributed by atoms with E-state index in [1.807, 2.05) is 24.3 Å². The molecule has 0 amide bonds. The molecule has 4 nitrogen and oxygen atoms in total. The molecule has 0 fully saturated rings. The fraction of sp³-hybridized carbons (Fsp3) is 0.286. The van der Waals surface area contributed by atoms with Gasteiger partial charge in [-0.05, 0) is 37.8 Å². The SMILES string of the molecule is C1=C(NNc2ncnc3ccccc23)CCCC1. The predicted molar refractivity (Wildman–Crippen MR) is 72.8 cm³/mol. The lowest BCUT2D eigenvalue weighted by Gasteiger charge is -2.16. The number of anilines is 1. The highest BCUT2D eigenvalue weighted by Gasteiger charge is 2.05. The molecule has 1 aromatic carbocycles. The summed E-state index contributed by atoms with van der Waals surface area (Å²) in [5, 5.41) is 1.03. The Bertz CT molecular complexity index is 572. The number of fused-ring (bicyclic) bond motifs is 1. The Labute approximate surface area is 106 Å². The highest BCUT2D eigenvalue weighted by atomic mass is 15.4. The molecule has 18 heavy (non-hydrogen) atoms. The maximum Gasteiger partial charge on any atom is 0.155 e. The third-order valence-electron chi connectivity index (χ3n) is 3.18. The molecule has 0 atom stereocenters. The summed E-state index contributed by atoms with van der Waals surface area (Å²) in [5.41, 5.74) is 8.65. The molecule has 0 unspecified atom stereocenters. The first-order valence-corrected chi connectivity index (χ1v) is 6.34. The monoisotopic (exact) mass is 240 g/mol. The van der Waals surface area contributed by atoms with Crippen LogP contribution in [0.4, 0.5) is 5.82 Å². The Balaban J connectivity index is 1.80. The van der Waals surface area contributed by atoms with Crippen LogP contribution in [0.15, 0.2) is 42.4 Å². The van der Waals surface area contributed by atoms with E-state index in [1.165, 1.54) is 18.5 Å². The van der Waals surface area contributed by atoms with E-state index in [4.69, 9.17) is 0 Å². The first-order chi connectivity index (χ1) is 8.93. The van der Waals surface area contributed by atoms with Crippen LogP contribution in [0.3, 0.4) is 0 Å². The molecule has 1 aliphatic carbocycles. The van der Waals surface area contributed by atoms with Crippen molar-refractivity contribution in [2.75, 3.05) is 5.43 Å². The van der Waals surface area contributed by atoms with Crippen molar-refractivity contribution in [2.24, 2.45) is 0 Å². The highest BCUT2D eigenvalue weighted by Crippen LogP contribution is 2.19. The second-order valence-corrected chi connectivity index (χ2v) is 4.46. The van der Waals surface area contributed by atoms with Crippen molar-refractivity contribution in [3.05, 3.63) is 42.4 Å². The predicted octanol–water partition coefficient (Wildman–Crippen LogP) is 3.00. The molecule has 1 aliphatic rings. The Hall–Kier alpha value is -2.10. The van der Waals surface area contributed by atoms with E-state index in [0.717, 1.165) is 29.6 Å². The summed E-state index contributed by atoms with van der Waals surface area (Å²) in [5.74, 6) is 0.826. The minimum Gasteiger partial charge on any atom is -0.304 e. The van der Waals surface area contributed by atoms with E-state index < -0.39 is 0 Å². The van der Waals surface area contributed by atoms with Crippen LogP contribution < -0.4 is 10.9 Å². The number of para-hydroxylation sites is 1. The first-order valence-electron chi connectivity index (χ1n) is 6.34. The van der Waals surface area contributed by atoms with Crippen molar-refractivity contribution >= 4 is 16.7 Å². The number of hydrogen-bond acceptors (Lipinski definition) is 4. The van der Waals surface area contributed by atoms with Gasteiger partial charge in [0.1, 0.15) is 6.33 Å². The molecule has 1 aromatic heterocycles. The topological polar surface area (TPSA) is 49.8 Å². The average molecular weight is 240 g/mol. The van der Waals surface area contributed by atoms with Gasteiger partial charge in [0.05, 0.1) is 5.52 Å². The van der Waals surface area contributed by atoms with E-state index >= 15 is 0 Å². The molecule has 0 saturated heterocycles. The van der Waals surface area contributed by atoms with Crippen LogP contribution in [0.25, 0.3) is 10.9 Å². The molecule has 1 heterocycles. The van der Waals surface area contributed by atoms with Crippen molar-refractivity contribution in [1.82, 2.24) is 15.4 Å². The van der Waals surface area contributed by atoms with E-state index in [1.54, 1.807) is 6.33 Å². The summed E-state index contributed by atoms with van der Waals surface area (Å²) in [6.07, 6.45) is 8.65. The van der Waals surface area contributed by atoms with Crippen LogP contribution in [0, 0.1) is 0 Å². The number of nitrogens with one attached hydrogen (secondary N) is 2. The number of nitrogens with zero attached hydrogens (tertiary/aromatic N) is 2. The standard InChI is InChI=1S/C14H16N4/c1-2-6-11(7-3-1)17-18-14-12-8-4-5-9-13(12)15-10-16-14/h4-6,8-10,17H,1-3,7H2,(H,15,16,18). The molecule has 92 valence electrons. The normalized spacial score (nSPS) is 15.2. The molecule has 0 bridgehead atoms. The lowest BCUT2D eigenvalue weighted by Crippen LogP contribution is -2.23. The maximum absolute atomic E-state index is 4.28. The third-order valence-corrected chi connectivity index (χ3v) is 3.18. The van der Waals surface area contributed by atoms with Gasteiger partial charge >= 0.3 is 0 Å². The van der Waals surface area contributed by atoms with Crippen LogP contribution in [0.1, 0.15) is 25.7 Å². The smallest absolute Gasteiger partial charge is 0.155 e. The van der Waals surface area contributed by atoms with Crippen LogP contribution in [-0.4, -0.2) is 9.97 Å². The van der Waals surface area contributed by atoms with Gasteiger partial charge in [-0.1, -0.05) is 18.2 Å². The molecule has 0 aliphatic heterocycles. The summed E-state index contributed by atoms with van der Waals surface area (Å²) in [6.45, 7) is 0. The lowest BCUT2D eigenvalue weighted by atomic mass is 10.1. The van der Waals surface area contributed by atoms with Crippen LogP contribution in [-0.2, 0) is 0 Å². The molecule has 3 rings (SSSR count). The van der Waals surface area contributed by atoms with Gasteiger partial charge in [0.15, 0.2) is 5.82 Å². The maximum atomic E-state index is 4.28. The van der Waals surface area contributed by atoms with Gasteiger partial charge in [-0.15, -0.1) is 0 Å². The number of benzene rings is 1. The molecule has 0 saturated carbocycles. The minimum absolute atomic E-state index is 0.826. The molecule has 0 spiro atoms. The molecule has 0 radical (unpaired) electrons. The molecule has 4 heteroatoms. The van der Waals surface area contributed by atoms with Gasteiger partial charge in [-0.3, -0.25) is 5.43 Å². The Morgan fingerprint density at radius 1 is 1.00 bits per heavy atom. The van der Waals surface area contributed by atoms with Crippen molar-refractivity contribution in [1.29, 1.82) is 0 Å². The summed E-state index contributed by atoms with van der Waals surface area (Å²) in [6, 6.07) is 7.99. The zero-order valence-corrected chi connectivity index (χ0v) is 10.2. The molecular formula is C14H16N4. The van der Waals surface area contributed by atoms with E-state index in [9.17, 15) is 0 Å². The minimum atomic E-state index is 0.826. The summed E-state index contributed by atoms with van der Waals surface area (Å²) in [4.78, 5) is 8.52. The van der Waals surface area contributed by atoms with E-state index in [2.05, 4.69) is 26.9 Å². The summed E-state index contributed by atoms with van der Waals surface area (Å²) in [7, 11) is 0. The number of allylic oxidation sites excluding steroid dienone is 2. The largest absolute Gasteiger partial charge is 0.304 e. The van der Waals surface area contributed by atoms with Gasteiger partial charge in [0, 0.05) is 11.1 Å². The Morgan fingerprint density at radius 3 is 2.83 bits per heavy atom. The quantitative estimate of drug-likeness (QED) is 0.810. The fourth-order valence-corrected chi connectivity index (χ4v) is 2.20. The van der Waals surface area contributed by atoms with Gasteiger partial charge in [-0.2, -0.15) is 0 Å². The Kier molecular flexibility index (Phi) is 3.08. The highest BCUT2D eigenvalue weighted by molar-refractivity contribution is 5.88. The van der Waals surface area contributed by atoms with Crippen molar-refractivity contribution in [2.45, 2.75) is 25.7 Å². The number of rotatable bonds is 3. The molecule has 2 N–H and O–H groups in total. The molecule has 2 aromatic rings. The Morgan fingerprint density at radius 2 is 1.94 bits per heavy atom.